The Labute approximate surface area is 171 Å². The summed E-state index contributed by atoms with van der Waals surface area (Å²) in [5.74, 6) is -1.56. The number of amides is 1. The lowest BCUT2D eigenvalue weighted by Crippen LogP contribution is -2.58. The highest BCUT2D eigenvalue weighted by Crippen LogP contribution is 2.31. The topological polar surface area (TPSA) is 81.7 Å². The number of carbonyl (C=O) groups is 3. The third-order valence-electron chi connectivity index (χ3n) is 4.84. The lowest BCUT2D eigenvalue weighted by atomic mass is 9.80. The molecule has 6 nitrogen and oxygen atoms in total. The summed E-state index contributed by atoms with van der Waals surface area (Å²) < 4.78 is 10.5. The molecule has 1 atom stereocenters. The molecule has 0 aromatic heterocycles. The first-order chi connectivity index (χ1) is 13.7. The Morgan fingerprint density at radius 1 is 0.828 bits per heavy atom. The molecule has 1 amide bonds. The van der Waals surface area contributed by atoms with Gasteiger partial charge in [0.05, 0.1) is 0 Å². The van der Waals surface area contributed by atoms with E-state index >= 15 is 0 Å². The third kappa shape index (κ3) is 6.17. The highest BCUT2D eigenvalue weighted by molar-refractivity contribution is 5.74. The Hall–Kier alpha value is -3.15. The van der Waals surface area contributed by atoms with E-state index in [-0.39, 0.29) is 25.0 Å². The number of hydrogen-bond acceptors (Lipinski definition) is 5. The van der Waals surface area contributed by atoms with Gasteiger partial charge in [-0.25, -0.2) is 0 Å². The molecule has 0 saturated heterocycles. The third-order valence-corrected chi connectivity index (χ3v) is 4.84. The van der Waals surface area contributed by atoms with Gasteiger partial charge >= 0.3 is 11.9 Å². The van der Waals surface area contributed by atoms with Crippen LogP contribution >= 0.6 is 0 Å². The van der Waals surface area contributed by atoms with Crippen LogP contribution in [0.4, 0.5) is 0 Å². The van der Waals surface area contributed by atoms with E-state index in [9.17, 15) is 14.4 Å². The van der Waals surface area contributed by atoms with Gasteiger partial charge in [-0.1, -0.05) is 61.5 Å². The van der Waals surface area contributed by atoms with E-state index < -0.39 is 17.5 Å². The lowest BCUT2D eigenvalue weighted by molar-refractivity contribution is -0.151. The second kappa shape index (κ2) is 9.87. The number of hydrogen-bond donors (Lipinski definition) is 1. The van der Waals surface area contributed by atoms with Crippen LogP contribution in [0.5, 0.6) is 0 Å². The van der Waals surface area contributed by atoms with E-state index in [1.165, 1.54) is 20.8 Å². The summed E-state index contributed by atoms with van der Waals surface area (Å²) in [6.07, 6.45) is 0. The minimum absolute atomic E-state index is 0.114. The van der Waals surface area contributed by atoms with E-state index in [0.717, 1.165) is 16.7 Å². The molecule has 0 saturated carbocycles. The fourth-order valence-electron chi connectivity index (χ4n) is 3.20. The molecule has 0 heterocycles. The first-order valence-electron chi connectivity index (χ1n) is 9.44. The second-order valence-electron chi connectivity index (χ2n) is 7.11. The first kappa shape index (κ1) is 22.1. The van der Waals surface area contributed by atoms with Crippen molar-refractivity contribution in [1.82, 2.24) is 5.32 Å². The number of benzene rings is 2. The van der Waals surface area contributed by atoms with Crippen molar-refractivity contribution in [2.45, 2.75) is 39.2 Å². The molecule has 1 unspecified atom stereocenters. The molecule has 0 aliphatic heterocycles. The molecule has 0 spiro atoms. The fraction of sp³-hybridized carbons (Fsp3) is 0.348. The smallest absolute Gasteiger partial charge is 0.302 e. The summed E-state index contributed by atoms with van der Waals surface area (Å²) in [6, 6.07) is 17.9. The Balaban J connectivity index is 2.37. The molecule has 29 heavy (non-hydrogen) atoms. The van der Waals surface area contributed by atoms with Crippen molar-refractivity contribution < 1.29 is 23.9 Å². The maximum Gasteiger partial charge on any atom is 0.302 e. The van der Waals surface area contributed by atoms with Gasteiger partial charge < -0.3 is 14.8 Å². The maximum absolute atomic E-state index is 11.9. The van der Waals surface area contributed by atoms with E-state index in [1.807, 2.05) is 61.5 Å². The Kier molecular flexibility index (Phi) is 7.53. The molecule has 0 bridgehead atoms. The van der Waals surface area contributed by atoms with Crippen molar-refractivity contribution in [1.29, 1.82) is 0 Å². The van der Waals surface area contributed by atoms with Crippen LogP contribution in [0.25, 0.3) is 11.1 Å². The van der Waals surface area contributed by atoms with Gasteiger partial charge in [0.25, 0.3) is 0 Å². The minimum Gasteiger partial charge on any atom is -0.463 e. The molecule has 1 N–H and O–H groups in total. The molecule has 154 valence electrons. The lowest BCUT2D eigenvalue weighted by Gasteiger charge is -2.38. The molecule has 0 aliphatic carbocycles. The van der Waals surface area contributed by atoms with Crippen molar-refractivity contribution in [3.63, 3.8) is 0 Å². The van der Waals surface area contributed by atoms with Gasteiger partial charge in [0.1, 0.15) is 18.8 Å². The monoisotopic (exact) mass is 397 g/mol. The zero-order chi connectivity index (χ0) is 21.4. The van der Waals surface area contributed by atoms with Crippen LogP contribution in [0.2, 0.25) is 0 Å². The Morgan fingerprint density at radius 3 is 1.76 bits per heavy atom. The van der Waals surface area contributed by atoms with Crippen molar-refractivity contribution in [3.05, 3.63) is 60.2 Å². The Bertz CT molecular complexity index is 827. The minimum atomic E-state index is -1.09. The fourth-order valence-corrected chi connectivity index (χ4v) is 3.20. The number of carbonyl (C=O) groups excluding carboxylic acids is 3. The van der Waals surface area contributed by atoms with Crippen molar-refractivity contribution >= 4 is 17.8 Å². The standard InChI is InChI=1S/C23H27NO5/c1-16(20-10-12-22(13-11-20)21-8-6-5-7-9-21)23(24-17(2)25,14-28-18(3)26)15-29-19(4)27/h5-13,16H,14-15H2,1-4H3,(H,24,25). The van der Waals surface area contributed by atoms with Gasteiger partial charge in [-0.05, 0) is 16.7 Å². The van der Waals surface area contributed by atoms with E-state index in [1.54, 1.807) is 0 Å². The maximum atomic E-state index is 11.9. The molecular weight excluding hydrogens is 370 g/mol. The summed E-state index contributed by atoms with van der Waals surface area (Å²) in [7, 11) is 0. The summed E-state index contributed by atoms with van der Waals surface area (Å²) in [5, 5.41) is 2.86. The number of nitrogens with one attached hydrogen (secondary N) is 1. The van der Waals surface area contributed by atoms with E-state index in [2.05, 4.69) is 5.32 Å². The SMILES string of the molecule is CC(=O)NC(COC(C)=O)(COC(C)=O)C(C)c1ccc(-c2ccccc2)cc1. The average molecular weight is 397 g/mol. The van der Waals surface area contributed by atoms with Gasteiger partial charge in [0.2, 0.25) is 5.91 Å². The van der Waals surface area contributed by atoms with Crippen LogP contribution in [0.3, 0.4) is 0 Å². The molecule has 0 aliphatic rings. The number of rotatable bonds is 8. The molecule has 0 radical (unpaired) electrons. The average Bonchev–Trinajstić information content (AvgIpc) is 2.70. The normalized spacial score (nSPS) is 12.0. The van der Waals surface area contributed by atoms with Crippen molar-refractivity contribution in [2.24, 2.45) is 0 Å². The molecule has 0 fully saturated rings. The van der Waals surface area contributed by atoms with Gasteiger partial charge in [-0.15, -0.1) is 0 Å². The van der Waals surface area contributed by atoms with Gasteiger partial charge in [-0.2, -0.15) is 0 Å². The van der Waals surface area contributed by atoms with Crippen molar-refractivity contribution in [2.75, 3.05) is 13.2 Å². The van der Waals surface area contributed by atoms with Gasteiger partial charge in [0.15, 0.2) is 0 Å². The van der Waals surface area contributed by atoms with Crippen molar-refractivity contribution in [3.8, 4) is 11.1 Å². The summed E-state index contributed by atoms with van der Waals surface area (Å²) in [4.78, 5) is 34.8. The van der Waals surface area contributed by atoms with Crippen LogP contribution in [0.1, 0.15) is 39.2 Å². The van der Waals surface area contributed by atoms with Gasteiger partial charge in [-0.3, -0.25) is 14.4 Å². The van der Waals surface area contributed by atoms with E-state index in [0.29, 0.717) is 0 Å². The number of esters is 2. The zero-order valence-corrected chi connectivity index (χ0v) is 17.2. The molecule has 6 heteroatoms. The number of ether oxygens (including phenoxy) is 2. The van der Waals surface area contributed by atoms with Crippen LogP contribution in [0, 0.1) is 0 Å². The highest BCUT2D eigenvalue weighted by atomic mass is 16.5. The predicted octanol–water partition coefficient (Wildman–Crippen LogP) is 3.46. The predicted molar refractivity (Wildman–Crippen MR) is 110 cm³/mol. The molecular formula is C23H27NO5. The van der Waals surface area contributed by atoms with Crippen LogP contribution < -0.4 is 5.32 Å². The quantitative estimate of drug-likeness (QED) is 0.690. The summed E-state index contributed by atoms with van der Waals surface area (Å²) in [5.41, 5.74) is 1.99. The first-order valence-corrected chi connectivity index (χ1v) is 9.44. The summed E-state index contributed by atoms with van der Waals surface area (Å²) >= 11 is 0. The van der Waals surface area contributed by atoms with Crippen LogP contribution in [-0.2, 0) is 23.9 Å². The van der Waals surface area contributed by atoms with Crippen LogP contribution in [-0.4, -0.2) is 36.6 Å². The Morgan fingerprint density at radius 2 is 1.31 bits per heavy atom. The second-order valence-corrected chi connectivity index (χ2v) is 7.11. The van der Waals surface area contributed by atoms with E-state index in [4.69, 9.17) is 9.47 Å². The zero-order valence-electron chi connectivity index (χ0n) is 17.2. The molecule has 2 aromatic carbocycles. The largest absolute Gasteiger partial charge is 0.463 e. The molecule has 2 rings (SSSR count). The highest BCUT2D eigenvalue weighted by Gasteiger charge is 2.40. The summed E-state index contributed by atoms with van der Waals surface area (Å²) in [6.45, 7) is 5.64. The van der Waals surface area contributed by atoms with Gasteiger partial charge in [0, 0.05) is 26.7 Å². The van der Waals surface area contributed by atoms with Crippen LogP contribution in [0.15, 0.2) is 54.6 Å². The molecule has 2 aromatic rings.